The number of amides is 1. The number of rotatable bonds is 7. The molecule has 170 valence electrons. The van der Waals surface area contributed by atoms with Crippen LogP contribution in [0.15, 0.2) is 42.5 Å². The zero-order chi connectivity index (χ0) is 23.5. The smallest absolute Gasteiger partial charge is 0.416 e. The van der Waals surface area contributed by atoms with Crippen LogP contribution in [0.3, 0.4) is 0 Å². The zero-order valence-electron chi connectivity index (χ0n) is 18.0. The van der Waals surface area contributed by atoms with Gasteiger partial charge in [-0.3, -0.25) is 4.79 Å². The summed E-state index contributed by atoms with van der Waals surface area (Å²) in [5.74, 6) is 0.863. The van der Waals surface area contributed by atoms with E-state index in [0.29, 0.717) is 51.9 Å². The van der Waals surface area contributed by atoms with Gasteiger partial charge in [0.1, 0.15) is 0 Å². The van der Waals surface area contributed by atoms with Gasteiger partial charge in [-0.25, -0.2) is 0 Å². The Hall–Kier alpha value is -3.62. The molecule has 2 N–H and O–H groups in total. The van der Waals surface area contributed by atoms with Crippen molar-refractivity contribution in [3.8, 4) is 39.8 Å². The van der Waals surface area contributed by atoms with E-state index in [9.17, 15) is 18.0 Å². The summed E-state index contributed by atoms with van der Waals surface area (Å²) < 4.78 is 54.9. The largest absolute Gasteiger partial charge is 0.493 e. The fourth-order valence-corrected chi connectivity index (χ4v) is 3.34. The lowest BCUT2D eigenvalue weighted by Crippen LogP contribution is -2.22. The van der Waals surface area contributed by atoms with Gasteiger partial charge in [-0.2, -0.15) is 13.2 Å². The van der Waals surface area contributed by atoms with E-state index in [1.165, 1.54) is 33.5 Å². The van der Waals surface area contributed by atoms with Gasteiger partial charge in [0.05, 0.1) is 38.2 Å². The number of ether oxygens (including phenoxy) is 3. The average molecular weight is 448 g/mol. The van der Waals surface area contributed by atoms with Gasteiger partial charge in [0.15, 0.2) is 11.5 Å². The molecule has 1 aromatic heterocycles. The highest BCUT2D eigenvalue weighted by Crippen LogP contribution is 2.42. The number of H-pyrrole nitrogens is 1. The molecule has 0 aliphatic heterocycles. The molecule has 0 aliphatic rings. The molecule has 2 aromatic carbocycles. The topological polar surface area (TPSA) is 72.6 Å². The number of aromatic nitrogens is 1. The molecule has 1 heterocycles. The van der Waals surface area contributed by atoms with Crippen LogP contribution < -0.4 is 19.5 Å². The van der Waals surface area contributed by atoms with Crippen LogP contribution in [0.25, 0.3) is 22.5 Å². The lowest BCUT2D eigenvalue weighted by Gasteiger charge is -2.14. The number of hydrogen-bond donors (Lipinski definition) is 2. The van der Waals surface area contributed by atoms with Gasteiger partial charge in [-0.05, 0) is 42.8 Å². The van der Waals surface area contributed by atoms with Crippen molar-refractivity contribution in [1.29, 1.82) is 0 Å². The second-order valence-electron chi connectivity index (χ2n) is 6.82. The van der Waals surface area contributed by atoms with Crippen molar-refractivity contribution in [1.82, 2.24) is 10.3 Å². The Balaban J connectivity index is 2.16. The fourth-order valence-electron chi connectivity index (χ4n) is 3.34. The molecule has 0 aliphatic carbocycles. The van der Waals surface area contributed by atoms with Gasteiger partial charge < -0.3 is 24.5 Å². The predicted molar refractivity (Wildman–Crippen MR) is 114 cm³/mol. The maximum Gasteiger partial charge on any atom is 0.416 e. The van der Waals surface area contributed by atoms with Gasteiger partial charge in [0.25, 0.3) is 5.91 Å². The minimum absolute atomic E-state index is 0.328. The van der Waals surface area contributed by atoms with E-state index in [1.54, 1.807) is 25.1 Å². The summed E-state index contributed by atoms with van der Waals surface area (Å²) >= 11 is 0. The quantitative estimate of drug-likeness (QED) is 0.525. The Morgan fingerprint density at radius 2 is 1.53 bits per heavy atom. The molecule has 0 saturated carbocycles. The van der Waals surface area contributed by atoms with Crippen LogP contribution in [-0.2, 0) is 6.18 Å². The fraction of sp³-hybridized carbons (Fsp3) is 0.261. The molecule has 3 aromatic rings. The van der Waals surface area contributed by atoms with Crippen molar-refractivity contribution in [3.05, 3.63) is 53.6 Å². The average Bonchev–Trinajstić information content (AvgIpc) is 3.23. The molecule has 32 heavy (non-hydrogen) atoms. The maximum absolute atomic E-state index is 12.9. The number of nitrogens with one attached hydrogen (secondary N) is 2. The number of alkyl halides is 3. The molecule has 0 radical (unpaired) electrons. The van der Waals surface area contributed by atoms with Gasteiger partial charge in [-0.15, -0.1) is 0 Å². The number of methoxy groups -OCH3 is 3. The Bertz CT molecular complexity index is 1080. The van der Waals surface area contributed by atoms with Crippen molar-refractivity contribution in [2.24, 2.45) is 0 Å². The maximum atomic E-state index is 12.9. The third-order valence-corrected chi connectivity index (χ3v) is 4.88. The summed E-state index contributed by atoms with van der Waals surface area (Å²) in [5, 5.41) is 2.75. The second kappa shape index (κ2) is 9.25. The molecule has 6 nitrogen and oxygen atoms in total. The second-order valence-corrected chi connectivity index (χ2v) is 6.82. The summed E-state index contributed by atoms with van der Waals surface area (Å²) in [5.41, 5.74) is 1.62. The highest BCUT2D eigenvalue weighted by molar-refractivity contribution is 6.02. The first-order valence-corrected chi connectivity index (χ1v) is 9.72. The van der Waals surface area contributed by atoms with Crippen LogP contribution in [0, 0.1) is 0 Å². The molecule has 0 fully saturated rings. The third-order valence-electron chi connectivity index (χ3n) is 4.88. The molecular formula is C23H23F3N2O4. The number of benzene rings is 2. The normalized spacial score (nSPS) is 11.2. The SMILES string of the molecule is CCNC(=O)c1cc(-c2ccc(C(F)(F)F)cc2)[nH]c1-c1cc(OC)c(OC)c(OC)c1. The lowest BCUT2D eigenvalue weighted by atomic mass is 10.1. The van der Waals surface area contributed by atoms with Crippen LogP contribution in [0.5, 0.6) is 17.2 Å². The van der Waals surface area contributed by atoms with Crippen molar-refractivity contribution in [2.45, 2.75) is 13.1 Å². The number of carbonyl (C=O) groups excluding carboxylic acids is 1. The molecule has 3 rings (SSSR count). The van der Waals surface area contributed by atoms with Crippen LogP contribution in [0.1, 0.15) is 22.8 Å². The predicted octanol–water partition coefficient (Wildman–Crippen LogP) is 5.14. The summed E-state index contributed by atoms with van der Waals surface area (Å²) in [6.07, 6.45) is -4.43. The highest BCUT2D eigenvalue weighted by Gasteiger charge is 2.30. The standard InChI is InChI=1S/C23H23F3N2O4/c1-5-27-22(29)16-12-17(13-6-8-15(9-7-13)23(24,25)26)28-20(16)14-10-18(30-2)21(32-4)19(11-14)31-3/h6-12,28H,5H2,1-4H3,(H,27,29). The minimum Gasteiger partial charge on any atom is -0.493 e. The van der Waals surface area contributed by atoms with Crippen molar-refractivity contribution >= 4 is 5.91 Å². The molecule has 1 amide bonds. The molecular weight excluding hydrogens is 425 g/mol. The number of aromatic amines is 1. The summed E-state index contributed by atoms with van der Waals surface area (Å²) in [6.45, 7) is 2.20. The number of hydrogen-bond acceptors (Lipinski definition) is 4. The van der Waals surface area contributed by atoms with E-state index < -0.39 is 11.7 Å². The van der Waals surface area contributed by atoms with Gasteiger partial charge >= 0.3 is 6.18 Å². The van der Waals surface area contributed by atoms with E-state index in [0.717, 1.165) is 12.1 Å². The Labute approximate surface area is 183 Å². The van der Waals surface area contributed by atoms with Crippen LogP contribution in [0.4, 0.5) is 13.2 Å². The van der Waals surface area contributed by atoms with Crippen LogP contribution in [-0.4, -0.2) is 38.8 Å². The van der Waals surface area contributed by atoms with E-state index >= 15 is 0 Å². The first-order chi connectivity index (χ1) is 15.2. The summed E-state index contributed by atoms with van der Waals surface area (Å²) in [7, 11) is 4.44. The zero-order valence-corrected chi connectivity index (χ0v) is 18.0. The van der Waals surface area contributed by atoms with E-state index in [-0.39, 0.29) is 5.91 Å². The van der Waals surface area contributed by atoms with Gasteiger partial charge in [0.2, 0.25) is 5.75 Å². The minimum atomic E-state index is -4.43. The molecule has 9 heteroatoms. The Kier molecular flexibility index (Phi) is 6.67. The molecule has 0 atom stereocenters. The van der Waals surface area contributed by atoms with Gasteiger partial charge in [0, 0.05) is 17.8 Å². The molecule has 0 bridgehead atoms. The van der Waals surface area contributed by atoms with E-state index in [2.05, 4.69) is 10.3 Å². The van der Waals surface area contributed by atoms with Crippen LogP contribution in [0.2, 0.25) is 0 Å². The van der Waals surface area contributed by atoms with Crippen LogP contribution >= 0.6 is 0 Å². The first kappa shape index (κ1) is 23.1. The number of carbonyl (C=O) groups is 1. The molecule has 0 spiro atoms. The molecule has 0 unspecified atom stereocenters. The van der Waals surface area contributed by atoms with E-state index in [4.69, 9.17) is 14.2 Å². The highest BCUT2D eigenvalue weighted by atomic mass is 19.4. The monoisotopic (exact) mass is 448 g/mol. The Morgan fingerprint density at radius 1 is 0.938 bits per heavy atom. The third kappa shape index (κ3) is 4.51. The molecule has 0 saturated heterocycles. The lowest BCUT2D eigenvalue weighted by molar-refractivity contribution is -0.137. The van der Waals surface area contributed by atoms with Crippen molar-refractivity contribution in [3.63, 3.8) is 0 Å². The van der Waals surface area contributed by atoms with Crippen molar-refractivity contribution in [2.75, 3.05) is 27.9 Å². The number of halogens is 3. The first-order valence-electron chi connectivity index (χ1n) is 9.72. The Morgan fingerprint density at radius 3 is 2.00 bits per heavy atom. The van der Waals surface area contributed by atoms with Crippen molar-refractivity contribution < 1.29 is 32.2 Å². The van der Waals surface area contributed by atoms with E-state index in [1.807, 2.05) is 0 Å². The summed E-state index contributed by atoms with van der Waals surface area (Å²) in [6, 6.07) is 9.69. The van der Waals surface area contributed by atoms with Gasteiger partial charge in [-0.1, -0.05) is 12.1 Å². The summed E-state index contributed by atoms with van der Waals surface area (Å²) in [4.78, 5) is 15.9.